The van der Waals surface area contributed by atoms with Gasteiger partial charge in [-0.1, -0.05) is 0 Å². The first kappa shape index (κ1) is 14.2. The number of carbonyl (C=O) groups excluding carboxylic acids is 2. The van der Waals surface area contributed by atoms with E-state index >= 15 is 0 Å². The van der Waals surface area contributed by atoms with Gasteiger partial charge in [0, 0.05) is 6.54 Å². The fourth-order valence-corrected chi connectivity index (χ4v) is 1.42. The van der Waals surface area contributed by atoms with Gasteiger partial charge in [0.15, 0.2) is 0 Å². The van der Waals surface area contributed by atoms with Gasteiger partial charge in [0.1, 0.15) is 0 Å². The molecule has 0 aromatic rings. The number of carbonyl (C=O) groups is 2. The lowest BCUT2D eigenvalue weighted by Gasteiger charge is -2.11. The Morgan fingerprint density at radius 3 is 2.60 bits per heavy atom. The molecule has 0 rings (SSSR count). The quantitative estimate of drug-likeness (QED) is 0.544. The highest BCUT2D eigenvalue weighted by atomic mass is 32.2. The highest BCUT2D eigenvalue weighted by Crippen LogP contribution is 1.98. The molecule has 0 aromatic carbocycles. The fourth-order valence-electron chi connectivity index (χ4n) is 0.934. The first-order valence-electron chi connectivity index (χ1n) is 4.90. The summed E-state index contributed by atoms with van der Waals surface area (Å²) < 4.78 is 0. The summed E-state index contributed by atoms with van der Waals surface area (Å²) in [6.07, 6.45) is 2.59. The zero-order valence-corrected chi connectivity index (χ0v) is 10.0. The van der Waals surface area contributed by atoms with Crippen LogP contribution >= 0.6 is 11.8 Å². The van der Waals surface area contributed by atoms with Crippen molar-refractivity contribution in [2.75, 3.05) is 25.1 Å². The van der Waals surface area contributed by atoms with Crippen molar-refractivity contribution in [3.05, 3.63) is 0 Å². The van der Waals surface area contributed by atoms with Crippen LogP contribution in [-0.4, -0.2) is 43.0 Å². The van der Waals surface area contributed by atoms with Gasteiger partial charge in [0.25, 0.3) is 0 Å². The maximum Gasteiger partial charge on any atom is 0.239 e. The minimum absolute atomic E-state index is 0.000356. The first-order chi connectivity index (χ1) is 7.11. The average molecular weight is 233 g/mol. The minimum Gasteiger partial charge on any atom is -0.355 e. The highest BCUT2D eigenvalue weighted by Gasteiger charge is 2.13. The molecule has 88 valence electrons. The molecule has 0 radical (unpaired) electrons. The highest BCUT2D eigenvalue weighted by molar-refractivity contribution is 7.98. The maximum absolute atomic E-state index is 11.3. The van der Waals surface area contributed by atoms with Crippen LogP contribution in [0.1, 0.15) is 13.3 Å². The van der Waals surface area contributed by atoms with Crippen molar-refractivity contribution in [2.24, 2.45) is 5.73 Å². The summed E-state index contributed by atoms with van der Waals surface area (Å²) in [4.78, 5) is 22.3. The van der Waals surface area contributed by atoms with Gasteiger partial charge in [-0.25, -0.2) is 0 Å². The molecule has 0 aliphatic heterocycles. The second kappa shape index (κ2) is 8.55. The van der Waals surface area contributed by atoms with Gasteiger partial charge in [-0.2, -0.15) is 11.8 Å². The van der Waals surface area contributed by atoms with E-state index in [1.807, 2.05) is 13.2 Å². The number of hydrogen-bond acceptors (Lipinski definition) is 4. The Bertz CT molecular complexity index is 212. The molecule has 6 heteroatoms. The van der Waals surface area contributed by atoms with Gasteiger partial charge < -0.3 is 16.4 Å². The van der Waals surface area contributed by atoms with Crippen LogP contribution in [0.25, 0.3) is 0 Å². The second-order valence-corrected chi connectivity index (χ2v) is 4.04. The predicted octanol–water partition coefficient (Wildman–Crippen LogP) is -0.681. The summed E-state index contributed by atoms with van der Waals surface area (Å²) in [7, 11) is 0. The molecule has 0 aromatic heterocycles. The van der Waals surface area contributed by atoms with Crippen molar-refractivity contribution in [1.29, 1.82) is 0 Å². The van der Waals surface area contributed by atoms with E-state index < -0.39 is 6.04 Å². The zero-order valence-electron chi connectivity index (χ0n) is 9.21. The lowest BCUT2D eigenvalue weighted by molar-refractivity contribution is -0.126. The standard InChI is InChI=1S/C9H19N3O2S/c1-3-11-8(13)6-12-9(14)7(10)4-5-15-2/h7H,3-6,10H2,1-2H3,(H,11,13)(H,12,14)/t7-/m1/s1. The normalized spacial score (nSPS) is 11.9. The topological polar surface area (TPSA) is 84.2 Å². The van der Waals surface area contributed by atoms with Crippen molar-refractivity contribution < 1.29 is 9.59 Å². The summed E-state index contributed by atoms with van der Waals surface area (Å²) >= 11 is 1.64. The van der Waals surface area contributed by atoms with Crippen molar-refractivity contribution in [1.82, 2.24) is 10.6 Å². The Hall–Kier alpha value is -0.750. The third-order valence-corrected chi connectivity index (χ3v) is 2.41. The molecule has 4 N–H and O–H groups in total. The number of rotatable bonds is 7. The maximum atomic E-state index is 11.3. The summed E-state index contributed by atoms with van der Waals surface area (Å²) in [6, 6.07) is -0.521. The van der Waals surface area contributed by atoms with Crippen LogP contribution in [0.4, 0.5) is 0 Å². The Morgan fingerprint density at radius 1 is 1.40 bits per heavy atom. The third-order valence-electron chi connectivity index (χ3n) is 1.77. The number of nitrogens with one attached hydrogen (secondary N) is 2. The number of hydrogen-bond donors (Lipinski definition) is 3. The molecular weight excluding hydrogens is 214 g/mol. The van der Waals surface area contributed by atoms with Crippen LogP contribution in [0.5, 0.6) is 0 Å². The Morgan fingerprint density at radius 2 is 2.07 bits per heavy atom. The van der Waals surface area contributed by atoms with E-state index in [0.717, 1.165) is 5.75 Å². The van der Waals surface area contributed by atoms with Crippen molar-refractivity contribution in [3.8, 4) is 0 Å². The molecule has 0 aliphatic rings. The van der Waals surface area contributed by atoms with E-state index in [1.54, 1.807) is 11.8 Å². The van der Waals surface area contributed by atoms with Crippen LogP contribution < -0.4 is 16.4 Å². The molecule has 0 heterocycles. The molecule has 1 atom stereocenters. The zero-order chi connectivity index (χ0) is 11.7. The molecule has 0 aliphatic carbocycles. The molecule has 15 heavy (non-hydrogen) atoms. The van der Waals surface area contributed by atoms with Gasteiger partial charge in [-0.05, 0) is 25.4 Å². The van der Waals surface area contributed by atoms with Gasteiger partial charge in [0.2, 0.25) is 11.8 Å². The van der Waals surface area contributed by atoms with Crippen molar-refractivity contribution >= 4 is 23.6 Å². The third kappa shape index (κ3) is 7.21. The number of likely N-dealkylation sites (N-methyl/N-ethyl adjacent to an activating group) is 1. The lowest BCUT2D eigenvalue weighted by Crippen LogP contribution is -2.45. The van der Waals surface area contributed by atoms with Gasteiger partial charge in [0.05, 0.1) is 12.6 Å². The Kier molecular flexibility index (Phi) is 8.12. The van der Waals surface area contributed by atoms with E-state index in [2.05, 4.69) is 10.6 Å². The summed E-state index contributed by atoms with van der Waals surface area (Å²) in [6.45, 7) is 2.39. The van der Waals surface area contributed by atoms with E-state index in [-0.39, 0.29) is 18.4 Å². The van der Waals surface area contributed by atoms with Crippen LogP contribution in [0, 0.1) is 0 Å². The molecule has 0 unspecified atom stereocenters. The summed E-state index contributed by atoms with van der Waals surface area (Å²) in [5.41, 5.74) is 5.61. The van der Waals surface area contributed by atoms with Gasteiger partial charge in [-0.15, -0.1) is 0 Å². The van der Waals surface area contributed by atoms with Crippen LogP contribution in [-0.2, 0) is 9.59 Å². The monoisotopic (exact) mass is 233 g/mol. The Labute approximate surface area is 94.5 Å². The number of nitrogens with two attached hydrogens (primary N) is 1. The molecule has 0 saturated carbocycles. The molecule has 0 spiro atoms. The molecule has 0 fully saturated rings. The van der Waals surface area contributed by atoms with Gasteiger partial charge >= 0.3 is 0 Å². The molecular formula is C9H19N3O2S. The predicted molar refractivity (Wildman–Crippen MR) is 62.7 cm³/mol. The van der Waals surface area contributed by atoms with Crippen molar-refractivity contribution in [2.45, 2.75) is 19.4 Å². The number of thioether (sulfide) groups is 1. The van der Waals surface area contributed by atoms with E-state index in [0.29, 0.717) is 13.0 Å². The van der Waals surface area contributed by atoms with Gasteiger partial charge in [-0.3, -0.25) is 9.59 Å². The van der Waals surface area contributed by atoms with E-state index in [9.17, 15) is 9.59 Å². The molecule has 0 saturated heterocycles. The fraction of sp³-hybridized carbons (Fsp3) is 0.778. The smallest absolute Gasteiger partial charge is 0.239 e. The van der Waals surface area contributed by atoms with Crippen molar-refractivity contribution in [3.63, 3.8) is 0 Å². The van der Waals surface area contributed by atoms with Crippen LogP contribution in [0.2, 0.25) is 0 Å². The van der Waals surface area contributed by atoms with Crippen LogP contribution in [0.3, 0.4) is 0 Å². The van der Waals surface area contributed by atoms with E-state index in [4.69, 9.17) is 5.73 Å². The first-order valence-corrected chi connectivity index (χ1v) is 6.30. The second-order valence-electron chi connectivity index (χ2n) is 3.06. The molecule has 5 nitrogen and oxygen atoms in total. The minimum atomic E-state index is -0.521. The number of amides is 2. The summed E-state index contributed by atoms with van der Waals surface area (Å²) in [5, 5.41) is 5.08. The SMILES string of the molecule is CCNC(=O)CNC(=O)[C@H](N)CCSC. The molecule has 0 bridgehead atoms. The Balaban J connectivity index is 3.68. The van der Waals surface area contributed by atoms with Crippen LogP contribution in [0.15, 0.2) is 0 Å². The summed E-state index contributed by atoms with van der Waals surface area (Å²) in [5.74, 6) is 0.383. The largest absolute Gasteiger partial charge is 0.355 e. The average Bonchev–Trinajstić information content (AvgIpc) is 2.22. The lowest BCUT2D eigenvalue weighted by atomic mass is 10.2. The molecule has 2 amide bonds. The van der Waals surface area contributed by atoms with E-state index in [1.165, 1.54) is 0 Å².